The average molecular weight is 347 g/mol. The van der Waals surface area contributed by atoms with Crippen LogP contribution in [-0.2, 0) is 4.79 Å². The van der Waals surface area contributed by atoms with Crippen molar-refractivity contribution >= 4 is 27.5 Å². The van der Waals surface area contributed by atoms with E-state index in [1.165, 1.54) is 6.07 Å². The number of carbonyl (C=O) groups is 1. The Balaban J connectivity index is 2.00. The third-order valence-corrected chi connectivity index (χ3v) is 4.43. The van der Waals surface area contributed by atoms with Gasteiger partial charge in [-0.25, -0.2) is 8.78 Å². The van der Waals surface area contributed by atoms with E-state index in [2.05, 4.69) is 21.2 Å². The summed E-state index contributed by atoms with van der Waals surface area (Å²) < 4.78 is 26.8. The SMILES string of the molecule is NCC1CCC(C(=O)Nc2cc(Br)c(F)cc2F)CC1. The first kappa shape index (κ1) is 15.4. The van der Waals surface area contributed by atoms with Crippen molar-refractivity contribution in [2.45, 2.75) is 25.7 Å². The molecule has 1 aromatic rings. The molecule has 1 fully saturated rings. The molecule has 110 valence electrons. The second-order valence-electron chi connectivity index (χ2n) is 5.19. The third kappa shape index (κ3) is 3.55. The molecule has 20 heavy (non-hydrogen) atoms. The molecule has 0 aliphatic heterocycles. The quantitative estimate of drug-likeness (QED) is 0.823. The van der Waals surface area contributed by atoms with Crippen LogP contribution in [0, 0.1) is 23.5 Å². The smallest absolute Gasteiger partial charge is 0.227 e. The molecule has 6 heteroatoms. The van der Waals surface area contributed by atoms with Crippen LogP contribution in [0.1, 0.15) is 25.7 Å². The van der Waals surface area contributed by atoms with Gasteiger partial charge in [0.15, 0.2) is 0 Å². The molecule has 0 heterocycles. The van der Waals surface area contributed by atoms with Crippen molar-refractivity contribution < 1.29 is 13.6 Å². The molecule has 0 saturated heterocycles. The minimum atomic E-state index is -0.769. The number of hydrogen-bond acceptors (Lipinski definition) is 2. The summed E-state index contributed by atoms with van der Waals surface area (Å²) in [6.07, 6.45) is 3.36. The van der Waals surface area contributed by atoms with Gasteiger partial charge in [-0.3, -0.25) is 4.79 Å². The molecule has 3 N–H and O–H groups in total. The molecule has 0 unspecified atom stereocenters. The number of hydrogen-bond donors (Lipinski definition) is 2. The predicted octanol–water partition coefficient (Wildman–Crippen LogP) is 3.43. The Labute approximate surface area is 125 Å². The predicted molar refractivity (Wildman–Crippen MR) is 77.2 cm³/mol. The Hall–Kier alpha value is -1.01. The molecular formula is C14H17BrF2N2O. The van der Waals surface area contributed by atoms with Crippen LogP contribution < -0.4 is 11.1 Å². The Morgan fingerprint density at radius 3 is 2.50 bits per heavy atom. The summed E-state index contributed by atoms with van der Waals surface area (Å²) >= 11 is 2.98. The van der Waals surface area contributed by atoms with E-state index < -0.39 is 11.6 Å². The van der Waals surface area contributed by atoms with Gasteiger partial charge >= 0.3 is 0 Å². The van der Waals surface area contributed by atoms with Gasteiger partial charge in [-0.05, 0) is 60.1 Å². The van der Waals surface area contributed by atoms with E-state index in [1.54, 1.807) is 0 Å². The number of benzene rings is 1. The van der Waals surface area contributed by atoms with Crippen LogP contribution in [0.25, 0.3) is 0 Å². The first-order chi connectivity index (χ1) is 9.51. The number of nitrogens with two attached hydrogens (primary N) is 1. The second kappa shape index (κ2) is 6.63. The van der Waals surface area contributed by atoms with Gasteiger partial charge in [-0.2, -0.15) is 0 Å². The van der Waals surface area contributed by atoms with Gasteiger partial charge in [0.05, 0.1) is 10.2 Å². The van der Waals surface area contributed by atoms with Crippen LogP contribution in [0.4, 0.5) is 14.5 Å². The molecule has 0 atom stereocenters. The lowest BCUT2D eigenvalue weighted by molar-refractivity contribution is -0.121. The molecular weight excluding hydrogens is 330 g/mol. The fourth-order valence-electron chi connectivity index (χ4n) is 2.51. The van der Waals surface area contributed by atoms with E-state index >= 15 is 0 Å². The number of nitrogens with one attached hydrogen (secondary N) is 1. The Morgan fingerprint density at radius 2 is 1.90 bits per heavy atom. The topological polar surface area (TPSA) is 55.1 Å². The molecule has 0 aromatic heterocycles. The van der Waals surface area contributed by atoms with E-state index in [0.717, 1.165) is 31.7 Å². The van der Waals surface area contributed by atoms with Crippen molar-refractivity contribution in [3.05, 3.63) is 28.2 Å². The van der Waals surface area contributed by atoms with E-state index in [1.807, 2.05) is 0 Å². The monoisotopic (exact) mass is 346 g/mol. The van der Waals surface area contributed by atoms with Crippen LogP contribution >= 0.6 is 15.9 Å². The maximum absolute atomic E-state index is 13.6. The summed E-state index contributed by atoms with van der Waals surface area (Å²) in [4.78, 5) is 12.1. The highest BCUT2D eigenvalue weighted by Crippen LogP contribution is 2.30. The fourth-order valence-corrected chi connectivity index (χ4v) is 2.86. The molecule has 0 spiro atoms. The number of rotatable bonds is 3. The number of amides is 1. The number of halogens is 3. The fraction of sp³-hybridized carbons (Fsp3) is 0.500. The van der Waals surface area contributed by atoms with Crippen molar-refractivity contribution in [3.8, 4) is 0 Å². The maximum atomic E-state index is 13.6. The van der Waals surface area contributed by atoms with Crippen molar-refractivity contribution in [2.24, 2.45) is 17.6 Å². The van der Waals surface area contributed by atoms with Gasteiger partial charge in [-0.1, -0.05) is 0 Å². The minimum absolute atomic E-state index is 0.00391. The molecule has 1 aromatic carbocycles. The summed E-state index contributed by atoms with van der Waals surface area (Å²) in [5.74, 6) is -1.31. The van der Waals surface area contributed by atoms with Crippen LogP contribution in [0.5, 0.6) is 0 Å². The van der Waals surface area contributed by atoms with Crippen LogP contribution in [-0.4, -0.2) is 12.5 Å². The van der Waals surface area contributed by atoms with Crippen molar-refractivity contribution in [2.75, 3.05) is 11.9 Å². The lowest BCUT2D eigenvalue weighted by Gasteiger charge is -2.26. The zero-order chi connectivity index (χ0) is 14.7. The summed E-state index contributed by atoms with van der Waals surface area (Å²) in [6.45, 7) is 0.647. The standard InChI is InChI=1S/C14H17BrF2N2O/c15-10-5-13(12(17)6-11(10)16)19-14(20)9-3-1-8(7-18)2-4-9/h5-6,8-9H,1-4,7,18H2,(H,19,20). The lowest BCUT2D eigenvalue weighted by Crippen LogP contribution is -2.29. The molecule has 2 rings (SSSR count). The molecule has 3 nitrogen and oxygen atoms in total. The number of anilines is 1. The maximum Gasteiger partial charge on any atom is 0.227 e. The van der Waals surface area contributed by atoms with Crippen molar-refractivity contribution in [1.29, 1.82) is 0 Å². The lowest BCUT2D eigenvalue weighted by atomic mass is 9.81. The van der Waals surface area contributed by atoms with Crippen LogP contribution in [0.15, 0.2) is 16.6 Å². The molecule has 1 amide bonds. The molecule has 1 aliphatic carbocycles. The van der Waals surface area contributed by atoms with Gasteiger partial charge in [0.2, 0.25) is 5.91 Å². The van der Waals surface area contributed by atoms with Crippen molar-refractivity contribution in [1.82, 2.24) is 0 Å². The molecule has 0 radical (unpaired) electrons. The first-order valence-electron chi connectivity index (χ1n) is 6.66. The van der Waals surface area contributed by atoms with Gasteiger partial charge in [0.25, 0.3) is 0 Å². The first-order valence-corrected chi connectivity index (χ1v) is 7.46. The zero-order valence-electron chi connectivity index (χ0n) is 11.0. The Bertz CT molecular complexity index is 502. The van der Waals surface area contributed by atoms with E-state index in [-0.39, 0.29) is 22.0 Å². The van der Waals surface area contributed by atoms with E-state index in [0.29, 0.717) is 12.5 Å². The normalized spacial score (nSPS) is 22.6. The summed E-state index contributed by atoms with van der Waals surface area (Å²) in [5.41, 5.74) is 5.61. The van der Waals surface area contributed by atoms with Crippen LogP contribution in [0.3, 0.4) is 0 Å². The van der Waals surface area contributed by atoms with Gasteiger partial charge in [-0.15, -0.1) is 0 Å². The molecule has 1 aliphatic rings. The van der Waals surface area contributed by atoms with E-state index in [4.69, 9.17) is 5.73 Å². The second-order valence-corrected chi connectivity index (χ2v) is 6.04. The largest absolute Gasteiger partial charge is 0.330 e. The Kier molecular flexibility index (Phi) is 5.10. The van der Waals surface area contributed by atoms with Crippen LogP contribution in [0.2, 0.25) is 0 Å². The summed E-state index contributed by atoms with van der Waals surface area (Å²) in [6, 6.07) is 2.00. The third-order valence-electron chi connectivity index (χ3n) is 3.82. The van der Waals surface area contributed by atoms with Gasteiger partial charge < -0.3 is 11.1 Å². The highest BCUT2D eigenvalue weighted by atomic mass is 79.9. The van der Waals surface area contributed by atoms with Crippen molar-refractivity contribution in [3.63, 3.8) is 0 Å². The van der Waals surface area contributed by atoms with Gasteiger partial charge in [0, 0.05) is 12.0 Å². The highest BCUT2D eigenvalue weighted by Gasteiger charge is 2.26. The molecule has 1 saturated carbocycles. The zero-order valence-corrected chi connectivity index (χ0v) is 12.6. The van der Waals surface area contributed by atoms with E-state index in [9.17, 15) is 13.6 Å². The molecule has 0 bridgehead atoms. The number of carbonyl (C=O) groups excluding carboxylic acids is 1. The summed E-state index contributed by atoms with van der Waals surface area (Å²) in [5, 5.41) is 2.54. The van der Waals surface area contributed by atoms with Gasteiger partial charge in [0.1, 0.15) is 11.6 Å². The minimum Gasteiger partial charge on any atom is -0.330 e. The average Bonchev–Trinajstić information content (AvgIpc) is 2.44. The Morgan fingerprint density at radius 1 is 1.25 bits per heavy atom. The highest BCUT2D eigenvalue weighted by molar-refractivity contribution is 9.10. The summed E-state index contributed by atoms with van der Waals surface area (Å²) in [7, 11) is 0.